The number of halogens is 9. The number of alkyl halides is 4. The molecule has 0 aromatic heterocycles. The first-order chi connectivity index (χ1) is 18.7. The molecule has 1 aliphatic rings. The second kappa shape index (κ2) is 11.9. The minimum Gasteiger partial charge on any atom is -0.326 e. The SMILES string of the molecule is O=C(Cc1c(F)ccc(CC(=O)C(F)F)c1F)c1cc(NC(=O)[C@H]2[C@H](c3cc(Cl)cc(Cl)c3)C2(Cl)Cl)ccc1Cl. The molecule has 0 spiro atoms. The van der Waals surface area contributed by atoms with Gasteiger partial charge in [-0.05, 0) is 53.6 Å². The number of nitrogens with one attached hydrogen (secondary N) is 1. The van der Waals surface area contributed by atoms with Crippen LogP contribution < -0.4 is 5.32 Å². The first kappa shape index (κ1) is 30.6. The van der Waals surface area contributed by atoms with Crippen molar-refractivity contribution >= 4 is 81.2 Å². The number of carbonyl (C=O) groups is 3. The molecule has 1 amide bonds. The predicted molar refractivity (Wildman–Crippen MR) is 146 cm³/mol. The van der Waals surface area contributed by atoms with Crippen LogP contribution in [0.4, 0.5) is 23.2 Å². The summed E-state index contributed by atoms with van der Waals surface area (Å²) in [6.45, 7) is 0. The van der Waals surface area contributed by atoms with Crippen molar-refractivity contribution in [3.63, 3.8) is 0 Å². The lowest BCUT2D eigenvalue weighted by atomic mass is 9.98. The van der Waals surface area contributed by atoms with Crippen molar-refractivity contribution in [2.45, 2.75) is 29.5 Å². The van der Waals surface area contributed by atoms with E-state index in [0.29, 0.717) is 15.6 Å². The summed E-state index contributed by atoms with van der Waals surface area (Å²) in [6.07, 6.45) is -5.14. The molecule has 1 aliphatic carbocycles. The minimum atomic E-state index is -3.33. The third kappa shape index (κ3) is 6.42. The lowest BCUT2D eigenvalue weighted by Crippen LogP contribution is -2.18. The quantitative estimate of drug-likeness (QED) is 0.144. The normalized spacial score (nSPS) is 17.6. The van der Waals surface area contributed by atoms with Gasteiger partial charge in [0.25, 0.3) is 6.43 Å². The zero-order valence-corrected chi connectivity index (χ0v) is 23.7. The number of amides is 1. The number of carbonyl (C=O) groups excluding carboxylic acids is 3. The summed E-state index contributed by atoms with van der Waals surface area (Å²) in [5.74, 6) is -6.90. The van der Waals surface area contributed by atoms with Gasteiger partial charge in [0.15, 0.2) is 5.78 Å². The Labute approximate surface area is 250 Å². The zero-order chi connectivity index (χ0) is 29.5. The summed E-state index contributed by atoms with van der Waals surface area (Å²) in [4.78, 5) is 37.3. The molecular formula is C27H16Cl5F4NO3. The van der Waals surface area contributed by atoms with E-state index in [4.69, 9.17) is 58.0 Å². The van der Waals surface area contributed by atoms with Crippen molar-refractivity contribution in [3.05, 3.63) is 97.5 Å². The van der Waals surface area contributed by atoms with Crippen molar-refractivity contribution in [2.75, 3.05) is 5.32 Å². The summed E-state index contributed by atoms with van der Waals surface area (Å²) in [5, 5.41) is 3.19. The van der Waals surface area contributed by atoms with Gasteiger partial charge in [-0.1, -0.05) is 40.9 Å². The minimum absolute atomic E-state index is 0.0743. The van der Waals surface area contributed by atoms with E-state index >= 15 is 0 Å². The highest BCUT2D eigenvalue weighted by atomic mass is 35.5. The van der Waals surface area contributed by atoms with Gasteiger partial charge in [0.1, 0.15) is 16.0 Å². The number of ketones is 2. The number of benzene rings is 3. The Morgan fingerprint density at radius 3 is 2.17 bits per heavy atom. The third-order valence-corrected chi connectivity index (χ3v) is 8.03. The van der Waals surface area contributed by atoms with Gasteiger partial charge >= 0.3 is 0 Å². The summed E-state index contributed by atoms with van der Waals surface area (Å²) in [6, 6.07) is 10.2. The van der Waals surface area contributed by atoms with Crippen molar-refractivity contribution in [2.24, 2.45) is 5.92 Å². The maximum Gasteiger partial charge on any atom is 0.296 e. The lowest BCUT2D eigenvalue weighted by molar-refractivity contribution is -0.128. The second-order valence-electron chi connectivity index (χ2n) is 9.06. The van der Waals surface area contributed by atoms with Gasteiger partial charge in [-0.3, -0.25) is 14.4 Å². The molecule has 1 N–H and O–H groups in total. The molecule has 210 valence electrons. The number of hydrogen-bond donors (Lipinski definition) is 1. The van der Waals surface area contributed by atoms with E-state index in [-0.39, 0.29) is 16.3 Å². The van der Waals surface area contributed by atoms with Gasteiger partial charge in [0.05, 0.1) is 10.9 Å². The van der Waals surface area contributed by atoms with E-state index in [9.17, 15) is 31.9 Å². The molecule has 0 radical (unpaired) electrons. The molecule has 0 unspecified atom stereocenters. The topological polar surface area (TPSA) is 63.2 Å². The molecule has 0 bridgehead atoms. The van der Waals surface area contributed by atoms with Crippen LogP contribution in [0.3, 0.4) is 0 Å². The molecule has 0 saturated heterocycles. The van der Waals surface area contributed by atoms with Crippen molar-refractivity contribution in [3.8, 4) is 0 Å². The molecule has 2 atom stereocenters. The highest BCUT2D eigenvalue weighted by molar-refractivity contribution is 6.53. The molecule has 1 saturated carbocycles. The molecule has 0 aliphatic heterocycles. The zero-order valence-electron chi connectivity index (χ0n) is 19.9. The Morgan fingerprint density at radius 1 is 0.900 bits per heavy atom. The maximum atomic E-state index is 14.9. The van der Waals surface area contributed by atoms with Crippen LogP contribution in [0.15, 0.2) is 48.5 Å². The van der Waals surface area contributed by atoms with Gasteiger partial charge in [-0.25, -0.2) is 17.6 Å². The van der Waals surface area contributed by atoms with Crippen molar-refractivity contribution in [1.82, 2.24) is 0 Å². The van der Waals surface area contributed by atoms with E-state index in [1.54, 1.807) is 12.1 Å². The maximum absolute atomic E-state index is 14.9. The van der Waals surface area contributed by atoms with Crippen molar-refractivity contribution in [1.29, 1.82) is 0 Å². The Balaban J connectivity index is 1.53. The summed E-state index contributed by atoms with van der Waals surface area (Å²) in [7, 11) is 0. The van der Waals surface area contributed by atoms with E-state index < -0.39 is 75.7 Å². The van der Waals surface area contributed by atoms with Gasteiger partial charge in [0.2, 0.25) is 11.7 Å². The number of hydrogen-bond acceptors (Lipinski definition) is 3. The molecule has 3 aromatic carbocycles. The van der Waals surface area contributed by atoms with Gasteiger partial charge in [-0.15, -0.1) is 23.2 Å². The van der Waals surface area contributed by atoms with Crippen LogP contribution >= 0.6 is 58.0 Å². The number of Topliss-reactive ketones (excluding diaryl/α,β-unsaturated/α-hetero) is 2. The first-order valence-electron chi connectivity index (χ1n) is 11.4. The Hall–Kier alpha value is -2.36. The van der Waals surface area contributed by atoms with Crippen molar-refractivity contribution < 1.29 is 31.9 Å². The second-order valence-corrected chi connectivity index (χ2v) is 11.8. The third-order valence-electron chi connectivity index (χ3n) is 6.33. The summed E-state index contributed by atoms with van der Waals surface area (Å²) < 4.78 is 53.0. The van der Waals surface area contributed by atoms with Gasteiger partial charge in [0, 0.05) is 45.6 Å². The molecule has 0 heterocycles. The van der Waals surface area contributed by atoms with E-state index in [1.165, 1.54) is 24.3 Å². The molecular weight excluding hydrogens is 640 g/mol. The first-order valence-corrected chi connectivity index (χ1v) is 13.3. The van der Waals surface area contributed by atoms with Gasteiger partial charge in [-0.2, -0.15) is 0 Å². The average Bonchev–Trinajstić information content (AvgIpc) is 3.45. The Kier molecular flexibility index (Phi) is 9.07. The van der Waals surface area contributed by atoms with Crippen LogP contribution in [0.5, 0.6) is 0 Å². The fourth-order valence-corrected chi connectivity index (χ4v) is 5.92. The molecule has 4 nitrogen and oxygen atoms in total. The standard InChI is InChI=1S/C27H16Cl5F4NO3/c28-13-5-12(6-14(29)8-13)22-23(27(22,31)32)26(40)37-15-2-3-18(30)16(9-15)20(38)10-17-19(33)4-1-11(24(17)34)7-21(39)25(35)36/h1-6,8-9,22-23,25H,7,10H2,(H,37,40)/t22-,23+/m0/s1. The summed E-state index contributed by atoms with van der Waals surface area (Å²) in [5.41, 5.74) is -0.702. The molecule has 40 heavy (non-hydrogen) atoms. The highest BCUT2D eigenvalue weighted by Crippen LogP contribution is 2.65. The molecule has 1 fully saturated rings. The van der Waals surface area contributed by atoms with Crippen LogP contribution in [0.2, 0.25) is 15.1 Å². The van der Waals surface area contributed by atoms with E-state index in [0.717, 1.165) is 12.1 Å². The highest BCUT2D eigenvalue weighted by Gasteiger charge is 2.67. The van der Waals surface area contributed by atoms with Crippen LogP contribution in [0, 0.1) is 17.6 Å². The smallest absolute Gasteiger partial charge is 0.296 e. The van der Waals surface area contributed by atoms with Crippen LogP contribution in [0.1, 0.15) is 33.0 Å². The largest absolute Gasteiger partial charge is 0.326 e. The molecule has 4 rings (SSSR count). The fraction of sp³-hybridized carbons (Fsp3) is 0.222. The predicted octanol–water partition coefficient (Wildman–Crippen LogP) is 8.25. The summed E-state index contributed by atoms with van der Waals surface area (Å²) >= 11 is 31.0. The Morgan fingerprint density at radius 2 is 1.55 bits per heavy atom. The van der Waals surface area contributed by atoms with Crippen LogP contribution in [-0.4, -0.2) is 28.2 Å². The van der Waals surface area contributed by atoms with E-state index in [1.807, 2.05) is 0 Å². The molecule has 13 heteroatoms. The monoisotopic (exact) mass is 653 g/mol. The van der Waals surface area contributed by atoms with Gasteiger partial charge < -0.3 is 5.32 Å². The van der Waals surface area contributed by atoms with Crippen LogP contribution in [0.25, 0.3) is 0 Å². The lowest BCUT2D eigenvalue weighted by Gasteiger charge is -2.11. The molecule has 3 aromatic rings. The van der Waals surface area contributed by atoms with Crippen LogP contribution in [-0.2, 0) is 22.4 Å². The average molecular weight is 656 g/mol. The number of anilines is 1. The number of rotatable bonds is 9. The Bertz CT molecular complexity index is 1510. The fourth-order valence-electron chi connectivity index (χ4n) is 4.32. The van der Waals surface area contributed by atoms with E-state index in [2.05, 4.69) is 5.32 Å².